The molecule has 4 aromatic rings. The van der Waals surface area contributed by atoms with Crippen molar-refractivity contribution < 1.29 is 8.78 Å². The lowest BCUT2D eigenvalue weighted by molar-refractivity contribution is 0.603. The lowest BCUT2D eigenvalue weighted by atomic mass is 10.2. The van der Waals surface area contributed by atoms with E-state index in [0.717, 1.165) is 29.5 Å². The van der Waals surface area contributed by atoms with Crippen LogP contribution in [0, 0.1) is 18.6 Å². The number of aromatic amines is 1. The Balaban J connectivity index is 1.88. The second kappa shape index (κ2) is 5.98. The van der Waals surface area contributed by atoms with E-state index < -0.39 is 11.6 Å². The van der Waals surface area contributed by atoms with Gasteiger partial charge >= 0.3 is 0 Å². The Hall–Kier alpha value is -3.28. The third-order valence-corrected chi connectivity index (χ3v) is 3.84. The summed E-state index contributed by atoms with van der Waals surface area (Å²) >= 11 is 0. The summed E-state index contributed by atoms with van der Waals surface area (Å²) in [5.74, 6) is -0.170. The van der Waals surface area contributed by atoms with E-state index in [1.165, 1.54) is 0 Å². The van der Waals surface area contributed by atoms with Crippen LogP contribution < -0.4 is 5.32 Å². The molecule has 0 saturated heterocycles. The summed E-state index contributed by atoms with van der Waals surface area (Å²) in [4.78, 5) is 12.2. The van der Waals surface area contributed by atoms with Gasteiger partial charge in [0.1, 0.15) is 23.1 Å². The summed E-state index contributed by atoms with van der Waals surface area (Å²) in [6.45, 7) is 1.90. The van der Waals surface area contributed by atoms with Crippen molar-refractivity contribution in [2.24, 2.45) is 0 Å². The first-order chi connectivity index (χ1) is 12.1. The van der Waals surface area contributed by atoms with Crippen LogP contribution in [0.5, 0.6) is 0 Å². The van der Waals surface area contributed by atoms with Crippen LogP contribution in [-0.4, -0.2) is 15.0 Å². The topological polar surface area (TPSA) is 53.6 Å². The van der Waals surface area contributed by atoms with Crippen molar-refractivity contribution in [3.8, 4) is 11.4 Å². The number of nitrogens with zero attached hydrogens (tertiary/aromatic N) is 2. The van der Waals surface area contributed by atoms with Crippen molar-refractivity contribution in [3.63, 3.8) is 0 Å². The van der Waals surface area contributed by atoms with Gasteiger partial charge in [-0.05, 0) is 25.1 Å². The summed E-state index contributed by atoms with van der Waals surface area (Å²) in [5.41, 5.74) is 2.39. The first-order valence-electron chi connectivity index (χ1n) is 7.75. The molecule has 0 fully saturated rings. The molecule has 0 spiro atoms. The number of anilines is 2. The van der Waals surface area contributed by atoms with Crippen LogP contribution in [0.15, 0.2) is 54.6 Å². The fourth-order valence-corrected chi connectivity index (χ4v) is 2.67. The number of benzene rings is 2. The lowest BCUT2D eigenvalue weighted by Gasteiger charge is -2.10. The monoisotopic (exact) mass is 336 g/mol. The van der Waals surface area contributed by atoms with E-state index in [4.69, 9.17) is 0 Å². The standard InChI is InChI=1S/C19H14F2N4/c1-11-9-14-18(22-11)24-17(12-5-3-2-4-6-12)25-19(14)23-16-10-13(20)7-8-15(16)21/h2-10H,1H3,(H2,22,23,24,25). The molecule has 0 aliphatic carbocycles. The average Bonchev–Trinajstić information content (AvgIpc) is 2.99. The van der Waals surface area contributed by atoms with Crippen LogP contribution in [-0.2, 0) is 0 Å². The van der Waals surface area contributed by atoms with Gasteiger partial charge in [-0.2, -0.15) is 0 Å². The number of hydrogen-bond donors (Lipinski definition) is 2. The molecule has 0 amide bonds. The Morgan fingerprint density at radius 1 is 0.960 bits per heavy atom. The largest absolute Gasteiger partial charge is 0.343 e. The summed E-state index contributed by atoms with van der Waals surface area (Å²) < 4.78 is 27.5. The van der Waals surface area contributed by atoms with Gasteiger partial charge in [0.05, 0.1) is 11.1 Å². The highest BCUT2D eigenvalue weighted by Gasteiger charge is 2.13. The second-order valence-electron chi connectivity index (χ2n) is 5.73. The van der Waals surface area contributed by atoms with Crippen molar-refractivity contribution >= 4 is 22.5 Å². The Bertz CT molecular complexity index is 1060. The summed E-state index contributed by atoms with van der Waals surface area (Å²) in [6, 6.07) is 14.6. The smallest absolute Gasteiger partial charge is 0.163 e. The van der Waals surface area contributed by atoms with Crippen LogP contribution >= 0.6 is 0 Å². The number of fused-ring (bicyclic) bond motifs is 1. The molecule has 2 aromatic heterocycles. The van der Waals surface area contributed by atoms with E-state index in [1.807, 2.05) is 43.3 Å². The minimum absolute atomic E-state index is 0.0258. The molecule has 25 heavy (non-hydrogen) atoms. The van der Waals surface area contributed by atoms with Crippen LogP contribution in [0.3, 0.4) is 0 Å². The van der Waals surface area contributed by atoms with E-state index in [-0.39, 0.29) is 5.69 Å². The van der Waals surface area contributed by atoms with E-state index >= 15 is 0 Å². The molecule has 4 nitrogen and oxygen atoms in total. The van der Waals surface area contributed by atoms with Gasteiger partial charge in [-0.1, -0.05) is 30.3 Å². The first kappa shape index (κ1) is 15.3. The average molecular weight is 336 g/mol. The highest BCUT2D eigenvalue weighted by molar-refractivity contribution is 5.91. The van der Waals surface area contributed by atoms with Crippen LogP contribution in [0.4, 0.5) is 20.3 Å². The van der Waals surface area contributed by atoms with Gasteiger partial charge in [0.25, 0.3) is 0 Å². The van der Waals surface area contributed by atoms with Crippen molar-refractivity contribution in [2.45, 2.75) is 6.92 Å². The molecule has 2 aromatic carbocycles. The Morgan fingerprint density at radius 3 is 2.56 bits per heavy atom. The molecular formula is C19H14F2N4. The van der Waals surface area contributed by atoms with Crippen LogP contribution in [0.1, 0.15) is 5.69 Å². The maximum Gasteiger partial charge on any atom is 0.163 e. The molecule has 0 unspecified atom stereocenters. The summed E-state index contributed by atoms with van der Waals surface area (Å²) in [6.07, 6.45) is 0. The summed E-state index contributed by atoms with van der Waals surface area (Å²) in [7, 11) is 0. The Labute approximate surface area is 142 Å². The third-order valence-electron chi connectivity index (χ3n) is 3.84. The van der Waals surface area contributed by atoms with Gasteiger partial charge in [-0.25, -0.2) is 18.7 Å². The predicted octanol–water partition coefficient (Wildman–Crippen LogP) is 4.96. The van der Waals surface area contributed by atoms with E-state index in [2.05, 4.69) is 20.3 Å². The van der Waals surface area contributed by atoms with Gasteiger partial charge in [-0.15, -0.1) is 0 Å². The van der Waals surface area contributed by atoms with Crippen molar-refractivity contribution in [1.82, 2.24) is 15.0 Å². The number of rotatable bonds is 3. The van der Waals surface area contributed by atoms with E-state index in [1.54, 1.807) is 0 Å². The molecule has 0 radical (unpaired) electrons. The minimum Gasteiger partial charge on any atom is -0.343 e. The van der Waals surface area contributed by atoms with Gasteiger partial charge in [0.2, 0.25) is 0 Å². The Morgan fingerprint density at radius 2 is 1.76 bits per heavy atom. The normalized spacial score (nSPS) is 11.0. The number of nitrogens with one attached hydrogen (secondary N) is 2. The van der Waals surface area contributed by atoms with Crippen LogP contribution in [0.2, 0.25) is 0 Å². The van der Waals surface area contributed by atoms with Crippen molar-refractivity contribution in [1.29, 1.82) is 0 Å². The molecular weight excluding hydrogens is 322 g/mol. The number of halogens is 2. The fourth-order valence-electron chi connectivity index (χ4n) is 2.67. The van der Waals surface area contributed by atoms with Crippen molar-refractivity contribution in [2.75, 3.05) is 5.32 Å². The molecule has 2 N–H and O–H groups in total. The first-order valence-corrected chi connectivity index (χ1v) is 7.75. The zero-order valence-corrected chi connectivity index (χ0v) is 13.3. The maximum atomic E-state index is 14.0. The predicted molar refractivity (Wildman–Crippen MR) is 93.7 cm³/mol. The molecule has 2 heterocycles. The summed E-state index contributed by atoms with van der Waals surface area (Å²) in [5, 5.41) is 3.60. The van der Waals surface area contributed by atoms with E-state index in [0.29, 0.717) is 22.7 Å². The molecule has 0 bridgehead atoms. The SMILES string of the molecule is Cc1cc2c(Nc3cc(F)ccc3F)nc(-c3ccccc3)nc2[nH]1. The maximum absolute atomic E-state index is 14.0. The molecule has 124 valence electrons. The highest BCUT2D eigenvalue weighted by atomic mass is 19.1. The Kier molecular flexibility index (Phi) is 3.65. The zero-order valence-electron chi connectivity index (χ0n) is 13.3. The molecule has 0 saturated carbocycles. The lowest BCUT2D eigenvalue weighted by Crippen LogP contribution is -2.00. The molecule has 0 aliphatic rings. The molecule has 4 rings (SSSR count). The minimum atomic E-state index is -0.554. The van der Waals surface area contributed by atoms with Gasteiger partial charge < -0.3 is 10.3 Å². The highest BCUT2D eigenvalue weighted by Crippen LogP contribution is 2.29. The third kappa shape index (κ3) is 2.94. The molecule has 6 heteroatoms. The van der Waals surface area contributed by atoms with Gasteiger partial charge in [0, 0.05) is 17.3 Å². The number of aryl methyl sites for hydroxylation is 1. The zero-order chi connectivity index (χ0) is 17.4. The quantitative estimate of drug-likeness (QED) is 0.556. The number of hydrogen-bond acceptors (Lipinski definition) is 3. The fraction of sp³-hybridized carbons (Fsp3) is 0.0526. The molecule has 0 aliphatic heterocycles. The number of H-pyrrole nitrogens is 1. The second-order valence-corrected chi connectivity index (χ2v) is 5.73. The molecule has 0 atom stereocenters. The van der Waals surface area contributed by atoms with E-state index in [9.17, 15) is 8.78 Å². The van der Waals surface area contributed by atoms with Gasteiger partial charge in [0.15, 0.2) is 5.82 Å². The number of aromatic nitrogens is 3. The van der Waals surface area contributed by atoms with Crippen LogP contribution in [0.25, 0.3) is 22.4 Å². The van der Waals surface area contributed by atoms with Gasteiger partial charge in [-0.3, -0.25) is 0 Å². The van der Waals surface area contributed by atoms with Crippen molar-refractivity contribution in [3.05, 3.63) is 71.9 Å².